The van der Waals surface area contributed by atoms with Crippen LogP contribution in [-0.4, -0.2) is 49.1 Å². The topological polar surface area (TPSA) is 66.5 Å². The third-order valence-corrected chi connectivity index (χ3v) is 4.52. The summed E-state index contributed by atoms with van der Waals surface area (Å²) in [5.74, 6) is 1.26. The van der Waals surface area contributed by atoms with E-state index in [-0.39, 0.29) is 5.91 Å². The molecule has 0 bridgehead atoms. The minimum Gasteiger partial charge on any atom is -0.495 e. The second-order valence-corrected chi connectivity index (χ2v) is 6.10. The summed E-state index contributed by atoms with van der Waals surface area (Å²) in [5, 5.41) is 6.51. The number of benzene rings is 1. The van der Waals surface area contributed by atoms with Gasteiger partial charge in [-0.2, -0.15) is 0 Å². The number of para-hydroxylation sites is 2. The molecular weight excluding hydrogens is 316 g/mol. The first-order valence-corrected chi connectivity index (χ1v) is 8.54. The van der Waals surface area contributed by atoms with E-state index in [0.717, 1.165) is 31.6 Å². The summed E-state index contributed by atoms with van der Waals surface area (Å²) in [5.41, 5.74) is 1.36. The molecule has 6 nitrogen and oxygen atoms in total. The molecule has 1 aliphatic rings. The summed E-state index contributed by atoms with van der Waals surface area (Å²) in [7, 11) is 3.56. The zero-order valence-electron chi connectivity index (χ0n) is 14.7. The summed E-state index contributed by atoms with van der Waals surface area (Å²) >= 11 is 0. The molecule has 1 aromatic carbocycles. The van der Waals surface area contributed by atoms with Crippen LogP contribution in [0.25, 0.3) is 0 Å². The molecule has 132 valence electrons. The van der Waals surface area contributed by atoms with Gasteiger partial charge in [0.25, 0.3) is 5.91 Å². The number of carbonyl (C=O) groups excluding carboxylic acids is 1. The van der Waals surface area contributed by atoms with Gasteiger partial charge in [0, 0.05) is 25.3 Å². The maximum absolute atomic E-state index is 13.0. The Labute approximate surface area is 148 Å². The highest BCUT2D eigenvalue weighted by molar-refractivity contribution is 5.99. The number of methoxy groups -OCH3 is 1. The highest BCUT2D eigenvalue weighted by Gasteiger charge is 2.25. The average Bonchev–Trinajstić information content (AvgIpc) is 2.68. The number of pyridine rings is 1. The summed E-state index contributed by atoms with van der Waals surface area (Å²) in [6.07, 6.45) is 3.79. The largest absolute Gasteiger partial charge is 0.495 e. The van der Waals surface area contributed by atoms with E-state index >= 15 is 0 Å². The van der Waals surface area contributed by atoms with Crippen LogP contribution < -0.4 is 15.4 Å². The Balaban J connectivity index is 1.84. The van der Waals surface area contributed by atoms with Crippen LogP contribution in [0.2, 0.25) is 0 Å². The highest BCUT2D eigenvalue weighted by Crippen LogP contribution is 2.28. The maximum Gasteiger partial charge on any atom is 0.257 e. The number of anilines is 2. The van der Waals surface area contributed by atoms with Gasteiger partial charge in [-0.15, -0.1) is 0 Å². The molecule has 1 saturated heterocycles. The molecule has 2 aromatic rings. The molecule has 1 unspecified atom stereocenters. The van der Waals surface area contributed by atoms with Crippen LogP contribution >= 0.6 is 0 Å². The number of likely N-dealkylation sites (tertiary alicyclic amines) is 1. The van der Waals surface area contributed by atoms with Gasteiger partial charge in [-0.3, -0.25) is 4.79 Å². The molecule has 0 aliphatic carbocycles. The van der Waals surface area contributed by atoms with E-state index in [2.05, 4.69) is 15.6 Å². The fourth-order valence-corrected chi connectivity index (χ4v) is 3.12. The Bertz CT molecular complexity index is 735. The second-order valence-electron chi connectivity index (χ2n) is 6.10. The predicted molar refractivity (Wildman–Crippen MR) is 98.5 cm³/mol. The van der Waals surface area contributed by atoms with Gasteiger partial charge < -0.3 is 20.3 Å². The maximum atomic E-state index is 13.0. The highest BCUT2D eigenvalue weighted by atomic mass is 16.5. The third kappa shape index (κ3) is 3.91. The molecular formula is C19H24N4O2. The van der Waals surface area contributed by atoms with Crippen molar-refractivity contribution < 1.29 is 9.53 Å². The quantitative estimate of drug-likeness (QED) is 0.876. The molecule has 1 aromatic heterocycles. The fraction of sp³-hybridized carbons (Fsp3) is 0.368. The SMILES string of the molecule is CNC1CCCN(C(=O)c2cccnc2Nc2ccccc2OC)C1. The molecule has 2 N–H and O–H groups in total. The smallest absolute Gasteiger partial charge is 0.257 e. The van der Waals surface area contributed by atoms with Crippen molar-refractivity contribution in [1.29, 1.82) is 0 Å². The van der Waals surface area contributed by atoms with E-state index < -0.39 is 0 Å². The van der Waals surface area contributed by atoms with Crippen molar-refractivity contribution in [3.63, 3.8) is 0 Å². The molecule has 25 heavy (non-hydrogen) atoms. The standard InChI is InChI=1S/C19H24N4O2/c1-20-14-7-6-12-23(13-14)19(24)15-8-5-11-21-18(15)22-16-9-3-4-10-17(16)25-2/h3-5,8-11,14,20H,6-7,12-13H2,1-2H3,(H,21,22). The van der Waals surface area contributed by atoms with Gasteiger partial charge in [-0.25, -0.2) is 4.98 Å². The van der Waals surface area contributed by atoms with Crippen LogP contribution in [0.1, 0.15) is 23.2 Å². The number of aromatic nitrogens is 1. The lowest BCUT2D eigenvalue weighted by molar-refractivity contribution is 0.0699. The lowest BCUT2D eigenvalue weighted by Crippen LogP contribution is -2.47. The third-order valence-electron chi connectivity index (χ3n) is 4.52. The van der Waals surface area contributed by atoms with Crippen LogP contribution in [0.4, 0.5) is 11.5 Å². The fourth-order valence-electron chi connectivity index (χ4n) is 3.12. The molecule has 0 spiro atoms. The minimum absolute atomic E-state index is 0.00504. The lowest BCUT2D eigenvalue weighted by Gasteiger charge is -2.33. The van der Waals surface area contributed by atoms with E-state index in [1.54, 1.807) is 19.4 Å². The number of piperidine rings is 1. The van der Waals surface area contributed by atoms with Gasteiger partial charge in [-0.05, 0) is 44.2 Å². The van der Waals surface area contributed by atoms with E-state index in [1.807, 2.05) is 42.3 Å². The number of hydrogen-bond donors (Lipinski definition) is 2. The van der Waals surface area contributed by atoms with E-state index in [4.69, 9.17) is 4.74 Å². The lowest BCUT2D eigenvalue weighted by atomic mass is 10.0. The molecule has 1 fully saturated rings. The minimum atomic E-state index is 0.00504. The summed E-state index contributed by atoms with van der Waals surface area (Å²) in [4.78, 5) is 19.3. The van der Waals surface area contributed by atoms with Crippen LogP contribution in [-0.2, 0) is 0 Å². The van der Waals surface area contributed by atoms with Crippen LogP contribution in [0.15, 0.2) is 42.6 Å². The Morgan fingerprint density at radius 1 is 1.28 bits per heavy atom. The number of ether oxygens (including phenoxy) is 1. The molecule has 3 rings (SSSR count). The van der Waals surface area contributed by atoms with Crippen LogP contribution in [0, 0.1) is 0 Å². The van der Waals surface area contributed by atoms with Crippen molar-refractivity contribution in [2.75, 3.05) is 32.6 Å². The normalized spacial score (nSPS) is 17.2. The zero-order valence-corrected chi connectivity index (χ0v) is 14.7. The van der Waals surface area contributed by atoms with Crippen molar-refractivity contribution in [2.24, 2.45) is 0 Å². The second kappa shape index (κ2) is 7.98. The first-order chi connectivity index (χ1) is 12.2. The number of rotatable bonds is 5. The average molecular weight is 340 g/mol. The molecule has 0 saturated carbocycles. The first kappa shape index (κ1) is 17.2. The van der Waals surface area contributed by atoms with E-state index in [9.17, 15) is 4.79 Å². The molecule has 1 atom stereocenters. The van der Waals surface area contributed by atoms with Crippen LogP contribution in [0.3, 0.4) is 0 Å². The van der Waals surface area contributed by atoms with Gasteiger partial charge in [0.1, 0.15) is 11.6 Å². The summed E-state index contributed by atoms with van der Waals surface area (Å²) < 4.78 is 5.37. The first-order valence-electron chi connectivity index (χ1n) is 8.54. The number of amides is 1. The number of hydrogen-bond acceptors (Lipinski definition) is 5. The molecule has 2 heterocycles. The Morgan fingerprint density at radius 2 is 2.12 bits per heavy atom. The number of nitrogens with zero attached hydrogens (tertiary/aromatic N) is 2. The van der Waals surface area contributed by atoms with Gasteiger partial charge >= 0.3 is 0 Å². The Morgan fingerprint density at radius 3 is 2.92 bits per heavy atom. The predicted octanol–water partition coefficient (Wildman–Crippen LogP) is 2.66. The van der Waals surface area contributed by atoms with Crippen molar-refractivity contribution >= 4 is 17.4 Å². The molecule has 1 aliphatic heterocycles. The van der Waals surface area contributed by atoms with Gasteiger partial charge in [0.05, 0.1) is 18.4 Å². The molecule has 1 amide bonds. The molecule has 0 radical (unpaired) electrons. The summed E-state index contributed by atoms with van der Waals surface area (Å²) in [6.45, 7) is 1.50. The molecule has 6 heteroatoms. The number of carbonyl (C=O) groups is 1. The van der Waals surface area contributed by atoms with Gasteiger partial charge in [-0.1, -0.05) is 12.1 Å². The van der Waals surface area contributed by atoms with Crippen molar-refractivity contribution in [2.45, 2.75) is 18.9 Å². The van der Waals surface area contributed by atoms with Gasteiger partial charge in [0.2, 0.25) is 0 Å². The zero-order chi connectivity index (χ0) is 17.6. The Kier molecular flexibility index (Phi) is 5.50. The number of nitrogens with one attached hydrogen (secondary N) is 2. The van der Waals surface area contributed by atoms with Crippen molar-refractivity contribution in [3.8, 4) is 5.75 Å². The van der Waals surface area contributed by atoms with E-state index in [1.165, 1.54) is 0 Å². The number of likely N-dealkylation sites (N-methyl/N-ethyl adjacent to an activating group) is 1. The monoisotopic (exact) mass is 340 g/mol. The Hall–Kier alpha value is -2.60. The van der Waals surface area contributed by atoms with Crippen molar-refractivity contribution in [1.82, 2.24) is 15.2 Å². The van der Waals surface area contributed by atoms with Gasteiger partial charge in [0.15, 0.2) is 0 Å². The van der Waals surface area contributed by atoms with Crippen molar-refractivity contribution in [3.05, 3.63) is 48.2 Å². The van der Waals surface area contributed by atoms with E-state index in [0.29, 0.717) is 23.2 Å². The van der Waals surface area contributed by atoms with Crippen LogP contribution in [0.5, 0.6) is 5.75 Å². The summed E-state index contributed by atoms with van der Waals surface area (Å²) in [6, 6.07) is 11.5.